The lowest BCUT2D eigenvalue weighted by Gasteiger charge is -2.07. The van der Waals surface area contributed by atoms with E-state index in [0.29, 0.717) is 13.0 Å². The van der Waals surface area contributed by atoms with Crippen LogP contribution in [-0.2, 0) is 19.3 Å². The lowest BCUT2D eigenvalue weighted by Crippen LogP contribution is -2.31. The Hall–Kier alpha value is -2.56. The zero-order valence-corrected chi connectivity index (χ0v) is 13.1. The number of carbonyl (C=O) groups excluding carboxylic acids is 1. The van der Waals surface area contributed by atoms with Gasteiger partial charge in [0.1, 0.15) is 11.3 Å². The number of aromatic nitrogens is 1. The number of amides is 1. The minimum absolute atomic E-state index is 0.205. The number of ether oxygens (including phenoxy) is 1. The zero-order valence-electron chi connectivity index (χ0n) is 13.1. The van der Waals surface area contributed by atoms with Crippen LogP contribution in [0, 0.1) is 0 Å². The highest BCUT2D eigenvalue weighted by Crippen LogP contribution is 2.18. The molecule has 1 aliphatic rings. The van der Waals surface area contributed by atoms with Crippen molar-refractivity contribution in [2.45, 2.75) is 25.7 Å². The molecule has 0 unspecified atom stereocenters. The maximum Gasteiger partial charge on any atom is 0.261 e. The van der Waals surface area contributed by atoms with Crippen LogP contribution in [0.2, 0.25) is 0 Å². The molecule has 0 saturated heterocycles. The van der Waals surface area contributed by atoms with Crippen LogP contribution in [0.3, 0.4) is 0 Å². The number of hydrogen-bond donors (Lipinski definition) is 2. The molecule has 2 N–H and O–H groups in total. The predicted molar refractivity (Wildman–Crippen MR) is 88.1 cm³/mol. The highest BCUT2D eigenvalue weighted by molar-refractivity contribution is 5.94. The maximum absolute atomic E-state index is 12.2. The van der Waals surface area contributed by atoms with E-state index in [1.807, 2.05) is 24.3 Å². The van der Waals surface area contributed by atoms with Gasteiger partial charge in [-0.15, -0.1) is 0 Å². The molecule has 1 aromatic heterocycles. The fourth-order valence-electron chi connectivity index (χ4n) is 2.93. The van der Waals surface area contributed by atoms with E-state index >= 15 is 0 Å². The molecule has 5 nitrogen and oxygen atoms in total. The molecule has 2 aromatic rings. The summed E-state index contributed by atoms with van der Waals surface area (Å²) in [6, 6.07) is 9.46. The van der Waals surface area contributed by atoms with Gasteiger partial charge in [-0.3, -0.25) is 9.59 Å². The van der Waals surface area contributed by atoms with E-state index < -0.39 is 0 Å². The van der Waals surface area contributed by atoms with Gasteiger partial charge < -0.3 is 15.0 Å². The summed E-state index contributed by atoms with van der Waals surface area (Å²) < 4.78 is 5.18. The normalized spacial score (nSPS) is 12.7. The second-order valence-electron chi connectivity index (χ2n) is 5.73. The number of nitrogens with one attached hydrogen (secondary N) is 2. The van der Waals surface area contributed by atoms with Gasteiger partial charge >= 0.3 is 0 Å². The molecule has 1 aromatic carbocycles. The molecular formula is C18H20N2O3. The quantitative estimate of drug-likeness (QED) is 0.885. The number of aromatic amines is 1. The number of methoxy groups -OCH3 is 1. The first kappa shape index (κ1) is 15.3. The number of carbonyl (C=O) groups is 1. The molecule has 23 heavy (non-hydrogen) atoms. The van der Waals surface area contributed by atoms with Crippen LogP contribution in [0.5, 0.6) is 5.75 Å². The van der Waals surface area contributed by atoms with Crippen LogP contribution < -0.4 is 15.6 Å². The predicted octanol–water partition coefficient (Wildman–Crippen LogP) is 1.84. The van der Waals surface area contributed by atoms with Gasteiger partial charge in [-0.2, -0.15) is 0 Å². The summed E-state index contributed by atoms with van der Waals surface area (Å²) in [7, 11) is 1.63. The van der Waals surface area contributed by atoms with E-state index in [4.69, 9.17) is 4.74 Å². The Bertz CT molecular complexity index is 780. The van der Waals surface area contributed by atoms with Gasteiger partial charge in [-0.1, -0.05) is 12.1 Å². The number of hydrogen-bond acceptors (Lipinski definition) is 3. The molecule has 1 amide bonds. The Labute approximate surface area is 134 Å². The van der Waals surface area contributed by atoms with Crippen LogP contribution in [0.15, 0.2) is 35.1 Å². The molecule has 0 spiro atoms. The summed E-state index contributed by atoms with van der Waals surface area (Å²) in [6.07, 6.45) is 3.54. The minimum atomic E-state index is -0.316. The Morgan fingerprint density at radius 1 is 1.30 bits per heavy atom. The van der Waals surface area contributed by atoms with E-state index in [0.717, 1.165) is 41.8 Å². The van der Waals surface area contributed by atoms with Crippen molar-refractivity contribution in [1.82, 2.24) is 10.3 Å². The van der Waals surface area contributed by atoms with Crippen molar-refractivity contribution in [3.8, 4) is 5.75 Å². The third kappa shape index (κ3) is 3.44. The van der Waals surface area contributed by atoms with Crippen LogP contribution in [0.25, 0.3) is 0 Å². The van der Waals surface area contributed by atoms with Crippen molar-refractivity contribution in [1.29, 1.82) is 0 Å². The number of rotatable bonds is 5. The third-order valence-electron chi connectivity index (χ3n) is 4.17. The Balaban J connectivity index is 1.62. The third-order valence-corrected chi connectivity index (χ3v) is 4.17. The smallest absolute Gasteiger partial charge is 0.261 e. The number of fused-ring (bicyclic) bond motifs is 1. The number of benzene rings is 1. The summed E-state index contributed by atoms with van der Waals surface area (Å²) in [4.78, 5) is 27.1. The fourth-order valence-corrected chi connectivity index (χ4v) is 2.93. The first-order valence-corrected chi connectivity index (χ1v) is 7.83. The van der Waals surface area contributed by atoms with Gasteiger partial charge in [0.15, 0.2) is 0 Å². The molecule has 1 heterocycles. The van der Waals surface area contributed by atoms with E-state index in [1.165, 1.54) is 0 Å². The summed E-state index contributed by atoms with van der Waals surface area (Å²) in [5, 5.41) is 2.82. The lowest BCUT2D eigenvalue weighted by atomic mass is 10.1. The number of aryl methyl sites for hydroxylation is 2. The molecule has 0 fully saturated rings. The molecule has 0 bridgehead atoms. The van der Waals surface area contributed by atoms with E-state index in [9.17, 15) is 9.59 Å². The van der Waals surface area contributed by atoms with Crippen molar-refractivity contribution in [2.75, 3.05) is 13.7 Å². The molecule has 0 aliphatic heterocycles. The van der Waals surface area contributed by atoms with Crippen molar-refractivity contribution < 1.29 is 9.53 Å². The van der Waals surface area contributed by atoms with Crippen LogP contribution >= 0.6 is 0 Å². The Morgan fingerprint density at radius 3 is 3.00 bits per heavy atom. The van der Waals surface area contributed by atoms with Crippen LogP contribution in [0.1, 0.15) is 33.6 Å². The highest BCUT2D eigenvalue weighted by atomic mass is 16.5. The largest absolute Gasteiger partial charge is 0.497 e. The SMILES string of the molecule is COc1cccc(CCNC(=O)c2cc3c([nH]c2=O)CCC3)c1. The molecule has 1 aliphatic carbocycles. The fraction of sp³-hybridized carbons (Fsp3) is 0.333. The Morgan fingerprint density at radius 2 is 2.17 bits per heavy atom. The average molecular weight is 312 g/mol. The first-order chi connectivity index (χ1) is 11.2. The highest BCUT2D eigenvalue weighted by Gasteiger charge is 2.17. The topological polar surface area (TPSA) is 71.2 Å². The van der Waals surface area contributed by atoms with Crippen LogP contribution in [-0.4, -0.2) is 24.5 Å². The summed E-state index contributed by atoms with van der Waals surface area (Å²) in [5.41, 5.74) is 3.04. The van der Waals surface area contributed by atoms with E-state index in [1.54, 1.807) is 13.2 Å². The van der Waals surface area contributed by atoms with Gasteiger partial charge in [-0.05, 0) is 55.0 Å². The van der Waals surface area contributed by atoms with Gasteiger partial charge in [-0.25, -0.2) is 0 Å². The van der Waals surface area contributed by atoms with Crippen molar-refractivity contribution in [3.63, 3.8) is 0 Å². The van der Waals surface area contributed by atoms with Crippen LogP contribution in [0.4, 0.5) is 0 Å². The van der Waals surface area contributed by atoms with Gasteiger partial charge in [0.2, 0.25) is 0 Å². The van der Waals surface area contributed by atoms with Crippen molar-refractivity contribution >= 4 is 5.91 Å². The van der Waals surface area contributed by atoms with Crippen molar-refractivity contribution in [3.05, 3.63) is 63.1 Å². The zero-order chi connectivity index (χ0) is 16.2. The molecule has 3 rings (SSSR count). The van der Waals surface area contributed by atoms with Gasteiger partial charge in [0.05, 0.1) is 7.11 Å². The minimum Gasteiger partial charge on any atom is -0.497 e. The molecule has 0 atom stereocenters. The molecule has 120 valence electrons. The number of pyridine rings is 1. The second kappa shape index (κ2) is 6.69. The lowest BCUT2D eigenvalue weighted by molar-refractivity contribution is 0.0952. The number of H-pyrrole nitrogens is 1. The average Bonchev–Trinajstić information content (AvgIpc) is 3.01. The van der Waals surface area contributed by atoms with Gasteiger partial charge in [0, 0.05) is 12.2 Å². The van der Waals surface area contributed by atoms with E-state index in [2.05, 4.69) is 10.3 Å². The second-order valence-corrected chi connectivity index (χ2v) is 5.73. The van der Waals surface area contributed by atoms with Gasteiger partial charge in [0.25, 0.3) is 11.5 Å². The van der Waals surface area contributed by atoms with Crippen molar-refractivity contribution in [2.24, 2.45) is 0 Å². The summed E-state index contributed by atoms with van der Waals surface area (Å²) in [6.45, 7) is 0.475. The molecule has 0 saturated carbocycles. The standard InChI is InChI=1S/C18H20N2O3/c1-23-14-6-2-4-12(10-14)8-9-19-17(21)15-11-13-5-3-7-16(13)20-18(15)22/h2,4,6,10-11H,3,5,7-9H2,1H3,(H,19,21)(H,20,22). The van der Waals surface area contributed by atoms with E-state index in [-0.39, 0.29) is 17.0 Å². The molecule has 0 radical (unpaired) electrons. The summed E-state index contributed by atoms with van der Waals surface area (Å²) in [5.74, 6) is 0.479. The maximum atomic E-state index is 12.2. The summed E-state index contributed by atoms with van der Waals surface area (Å²) >= 11 is 0. The first-order valence-electron chi connectivity index (χ1n) is 7.83. The monoisotopic (exact) mass is 312 g/mol. The Kier molecular flexibility index (Phi) is 4.46. The molecule has 5 heteroatoms. The molecular weight excluding hydrogens is 292 g/mol.